The van der Waals surface area contributed by atoms with Crippen molar-refractivity contribution in [2.24, 2.45) is 5.73 Å². The fourth-order valence-electron chi connectivity index (χ4n) is 0.988. The highest BCUT2D eigenvalue weighted by atomic mass is 19.3. The molecule has 0 saturated carbocycles. The number of ether oxygens (including phenoxy) is 1. The lowest BCUT2D eigenvalue weighted by Gasteiger charge is -2.15. The molecule has 0 spiro atoms. The standard InChI is InChI=1S/C8H12F2N4O2/c1-16-5-6(13-4-14-7(5)15)12-3-8(9,10)2-11/h4H,2-3,11H2,1H3,(H2,12,13,14,15). The van der Waals surface area contributed by atoms with Gasteiger partial charge in [-0.05, 0) is 0 Å². The van der Waals surface area contributed by atoms with Crippen LogP contribution in [0.25, 0.3) is 0 Å². The molecule has 0 aliphatic heterocycles. The molecule has 8 heteroatoms. The van der Waals surface area contributed by atoms with Crippen molar-refractivity contribution in [3.05, 3.63) is 16.7 Å². The van der Waals surface area contributed by atoms with Gasteiger partial charge < -0.3 is 20.8 Å². The summed E-state index contributed by atoms with van der Waals surface area (Å²) in [5.41, 5.74) is 4.32. The van der Waals surface area contributed by atoms with Crippen LogP contribution in [-0.2, 0) is 0 Å². The van der Waals surface area contributed by atoms with E-state index in [0.29, 0.717) is 0 Å². The molecule has 1 aromatic heterocycles. The Kier molecular flexibility index (Phi) is 3.78. The normalized spacial score (nSPS) is 11.2. The zero-order chi connectivity index (χ0) is 12.2. The molecule has 16 heavy (non-hydrogen) atoms. The molecule has 0 unspecified atom stereocenters. The lowest BCUT2D eigenvalue weighted by atomic mass is 10.3. The first-order valence-corrected chi connectivity index (χ1v) is 4.43. The van der Waals surface area contributed by atoms with E-state index in [-0.39, 0.29) is 11.6 Å². The molecular formula is C8H12F2N4O2. The quantitative estimate of drug-likeness (QED) is 0.655. The number of anilines is 1. The Morgan fingerprint density at radius 2 is 2.38 bits per heavy atom. The van der Waals surface area contributed by atoms with E-state index in [4.69, 9.17) is 10.5 Å². The second-order valence-electron chi connectivity index (χ2n) is 3.03. The van der Waals surface area contributed by atoms with Gasteiger partial charge in [0.25, 0.3) is 11.5 Å². The summed E-state index contributed by atoms with van der Waals surface area (Å²) in [6.45, 7) is -1.50. The van der Waals surface area contributed by atoms with Crippen LogP contribution in [0.3, 0.4) is 0 Å². The maximum Gasteiger partial charge on any atom is 0.295 e. The Labute approximate surface area is 89.8 Å². The zero-order valence-electron chi connectivity index (χ0n) is 8.59. The first-order valence-electron chi connectivity index (χ1n) is 4.43. The molecule has 1 rings (SSSR count). The number of H-pyrrole nitrogens is 1. The van der Waals surface area contributed by atoms with Gasteiger partial charge in [0.2, 0.25) is 5.75 Å². The molecule has 1 aromatic rings. The van der Waals surface area contributed by atoms with Crippen molar-refractivity contribution >= 4 is 5.82 Å². The van der Waals surface area contributed by atoms with Gasteiger partial charge in [-0.1, -0.05) is 0 Å². The van der Waals surface area contributed by atoms with E-state index < -0.39 is 24.6 Å². The minimum atomic E-state index is -3.06. The fourth-order valence-corrected chi connectivity index (χ4v) is 0.988. The van der Waals surface area contributed by atoms with Crippen molar-refractivity contribution in [1.29, 1.82) is 0 Å². The van der Waals surface area contributed by atoms with Crippen molar-refractivity contribution in [2.75, 3.05) is 25.5 Å². The van der Waals surface area contributed by atoms with Gasteiger partial charge in [-0.3, -0.25) is 4.79 Å². The molecule has 0 aliphatic rings. The van der Waals surface area contributed by atoms with E-state index >= 15 is 0 Å². The number of nitrogens with zero attached hydrogens (tertiary/aromatic N) is 1. The van der Waals surface area contributed by atoms with E-state index in [9.17, 15) is 13.6 Å². The molecule has 0 atom stereocenters. The third-order valence-electron chi connectivity index (χ3n) is 1.83. The summed E-state index contributed by atoms with van der Waals surface area (Å²) in [6.07, 6.45) is 1.09. The molecule has 0 fully saturated rings. The summed E-state index contributed by atoms with van der Waals surface area (Å²) < 4.78 is 30.4. The highest BCUT2D eigenvalue weighted by Gasteiger charge is 2.27. The van der Waals surface area contributed by atoms with Gasteiger partial charge in [-0.2, -0.15) is 0 Å². The Bertz CT molecular complexity index is 407. The summed E-state index contributed by atoms with van der Waals surface area (Å²) in [4.78, 5) is 17.1. The molecule has 0 aliphatic carbocycles. The van der Waals surface area contributed by atoms with Crippen molar-refractivity contribution < 1.29 is 13.5 Å². The molecule has 1 heterocycles. The summed E-state index contributed by atoms with van der Waals surface area (Å²) in [7, 11) is 1.25. The van der Waals surface area contributed by atoms with Crippen molar-refractivity contribution in [1.82, 2.24) is 9.97 Å². The van der Waals surface area contributed by atoms with Crippen LogP contribution >= 0.6 is 0 Å². The Hall–Kier alpha value is -1.70. The third kappa shape index (κ3) is 2.89. The van der Waals surface area contributed by atoms with Crippen molar-refractivity contribution in [3.63, 3.8) is 0 Å². The van der Waals surface area contributed by atoms with Crippen LogP contribution in [0.5, 0.6) is 5.75 Å². The molecule has 4 N–H and O–H groups in total. The Balaban J connectivity index is 2.82. The molecule has 0 aromatic carbocycles. The lowest BCUT2D eigenvalue weighted by molar-refractivity contribution is 0.0252. The molecular weight excluding hydrogens is 222 g/mol. The molecule has 0 amide bonds. The van der Waals surface area contributed by atoms with Crippen molar-refractivity contribution in [2.45, 2.75) is 5.92 Å². The maximum absolute atomic E-state index is 12.8. The Morgan fingerprint density at radius 3 is 2.94 bits per heavy atom. The molecule has 0 saturated heterocycles. The number of nitrogens with one attached hydrogen (secondary N) is 2. The van der Waals surface area contributed by atoms with Crippen molar-refractivity contribution in [3.8, 4) is 5.75 Å². The molecule has 6 nitrogen and oxygen atoms in total. The Morgan fingerprint density at radius 1 is 1.69 bits per heavy atom. The van der Waals surface area contributed by atoms with Gasteiger partial charge in [0.05, 0.1) is 26.5 Å². The summed E-state index contributed by atoms with van der Waals surface area (Å²) >= 11 is 0. The summed E-state index contributed by atoms with van der Waals surface area (Å²) in [5, 5.41) is 2.31. The number of alkyl halides is 2. The third-order valence-corrected chi connectivity index (χ3v) is 1.83. The topological polar surface area (TPSA) is 93.0 Å². The average molecular weight is 234 g/mol. The number of methoxy groups -OCH3 is 1. The van der Waals surface area contributed by atoms with Crippen LogP contribution < -0.4 is 21.3 Å². The van der Waals surface area contributed by atoms with E-state index in [2.05, 4.69) is 15.3 Å². The van der Waals surface area contributed by atoms with Gasteiger partial charge in [0.15, 0.2) is 5.82 Å². The summed E-state index contributed by atoms with van der Waals surface area (Å²) in [5.74, 6) is -3.25. The number of aromatic nitrogens is 2. The predicted molar refractivity (Wildman–Crippen MR) is 53.9 cm³/mol. The average Bonchev–Trinajstić information content (AvgIpc) is 2.26. The number of aromatic amines is 1. The van der Waals surface area contributed by atoms with Crippen LogP contribution in [-0.4, -0.2) is 36.1 Å². The van der Waals surface area contributed by atoms with E-state index in [1.807, 2.05) is 0 Å². The van der Waals surface area contributed by atoms with E-state index in [1.165, 1.54) is 7.11 Å². The summed E-state index contributed by atoms with van der Waals surface area (Å²) in [6, 6.07) is 0. The first-order chi connectivity index (χ1) is 7.50. The van der Waals surface area contributed by atoms with Crippen LogP contribution in [0.15, 0.2) is 11.1 Å². The number of hydrogen-bond acceptors (Lipinski definition) is 5. The largest absolute Gasteiger partial charge is 0.489 e. The SMILES string of the molecule is COc1c(NCC(F)(F)CN)nc[nH]c1=O. The lowest BCUT2D eigenvalue weighted by Crippen LogP contribution is -2.35. The fraction of sp³-hybridized carbons (Fsp3) is 0.500. The second-order valence-corrected chi connectivity index (χ2v) is 3.03. The second kappa shape index (κ2) is 4.88. The van der Waals surface area contributed by atoms with Crippen LogP contribution in [0.4, 0.5) is 14.6 Å². The maximum atomic E-state index is 12.8. The van der Waals surface area contributed by atoms with Crippen LogP contribution in [0.2, 0.25) is 0 Å². The minimum Gasteiger partial charge on any atom is -0.489 e. The number of rotatable bonds is 5. The van der Waals surface area contributed by atoms with Gasteiger partial charge in [0, 0.05) is 0 Å². The number of nitrogens with two attached hydrogens (primary N) is 1. The highest BCUT2D eigenvalue weighted by molar-refractivity contribution is 5.47. The van der Waals surface area contributed by atoms with E-state index in [0.717, 1.165) is 6.33 Å². The van der Waals surface area contributed by atoms with Gasteiger partial charge in [-0.25, -0.2) is 13.8 Å². The van der Waals surface area contributed by atoms with Gasteiger partial charge in [0.1, 0.15) is 0 Å². The molecule has 0 radical (unpaired) electrons. The van der Waals surface area contributed by atoms with Crippen LogP contribution in [0.1, 0.15) is 0 Å². The predicted octanol–water partition coefficient (Wildman–Crippen LogP) is -0.216. The molecule has 90 valence electrons. The van der Waals surface area contributed by atoms with Crippen LogP contribution in [0, 0.1) is 0 Å². The first kappa shape index (κ1) is 12.4. The van der Waals surface area contributed by atoms with Gasteiger partial charge in [-0.15, -0.1) is 0 Å². The number of halogens is 2. The van der Waals surface area contributed by atoms with Gasteiger partial charge >= 0.3 is 0 Å². The molecule has 0 bridgehead atoms. The minimum absolute atomic E-state index is 0.0422. The highest BCUT2D eigenvalue weighted by Crippen LogP contribution is 2.17. The van der Waals surface area contributed by atoms with E-state index in [1.54, 1.807) is 0 Å². The smallest absolute Gasteiger partial charge is 0.295 e. The number of hydrogen-bond donors (Lipinski definition) is 3. The monoisotopic (exact) mass is 234 g/mol. The zero-order valence-corrected chi connectivity index (χ0v) is 8.59.